The second-order valence-electron chi connectivity index (χ2n) is 4.22. The number of thiophene rings is 1. The van der Waals surface area contributed by atoms with Gasteiger partial charge in [-0.1, -0.05) is 6.07 Å². The summed E-state index contributed by atoms with van der Waals surface area (Å²) < 4.78 is 0. The van der Waals surface area contributed by atoms with Crippen LogP contribution in [0.5, 0.6) is 0 Å². The van der Waals surface area contributed by atoms with Crippen LogP contribution in [0.25, 0.3) is 0 Å². The van der Waals surface area contributed by atoms with Crippen molar-refractivity contribution in [3.8, 4) is 0 Å². The van der Waals surface area contributed by atoms with Crippen molar-refractivity contribution in [2.45, 2.75) is 19.5 Å². The average molecular weight is 262 g/mol. The van der Waals surface area contributed by atoms with Gasteiger partial charge in [0.15, 0.2) is 0 Å². The smallest absolute Gasteiger partial charge is 0.225 e. The molecule has 96 valence electrons. The fraction of sp³-hybridized carbons (Fsp3) is 0.385. The normalized spacial score (nSPS) is 12.4. The maximum Gasteiger partial charge on any atom is 0.225 e. The summed E-state index contributed by atoms with van der Waals surface area (Å²) in [7, 11) is 3.94. The molecule has 0 aliphatic heterocycles. The van der Waals surface area contributed by atoms with Gasteiger partial charge in [-0.05, 0) is 25.4 Å². The standard InChI is InChI=1S/C13H18N4S/c1-10(12-5-4-6-18-12)17(3)13-15-8-11(7-14-2)9-16-13/h4-6,8-10,14H,7H2,1-3H3. The predicted octanol–water partition coefficient (Wildman–Crippen LogP) is 2.45. The minimum Gasteiger partial charge on any atom is -0.336 e. The highest BCUT2D eigenvalue weighted by Crippen LogP contribution is 2.25. The van der Waals surface area contributed by atoms with Crippen LogP contribution >= 0.6 is 11.3 Å². The Morgan fingerprint density at radius 1 is 1.39 bits per heavy atom. The van der Waals surface area contributed by atoms with Crippen molar-refractivity contribution in [1.82, 2.24) is 15.3 Å². The van der Waals surface area contributed by atoms with Gasteiger partial charge in [0, 0.05) is 36.4 Å². The molecule has 0 bridgehead atoms. The molecule has 5 heteroatoms. The number of hydrogen-bond acceptors (Lipinski definition) is 5. The molecule has 18 heavy (non-hydrogen) atoms. The van der Waals surface area contributed by atoms with Crippen LogP contribution < -0.4 is 10.2 Å². The summed E-state index contributed by atoms with van der Waals surface area (Å²) in [6, 6.07) is 4.50. The van der Waals surface area contributed by atoms with Crippen LogP contribution in [0, 0.1) is 0 Å². The summed E-state index contributed by atoms with van der Waals surface area (Å²) >= 11 is 1.76. The van der Waals surface area contributed by atoms with E-state index in [9.17, 15) is 0 Å². The summed E-state index contributed by atoms with van der Waals surface area (Å²) in [5.74, 6) is 0.760. The molecular weight excluding hydrogens is 244 g/mol. The molecule has 2 rings (SSSR count). The number of rotatable bonds is 5. The molecular formula is C13H18N4S. The van der Waals surface area contributed by atoms with Crippen molar-refractivity contribution < 1.29 is 0 Å². The Labute approximate surface area is 112 Å². The highest BCUT2D eigenvalue weighted by Gasteiger charge is 2.15. The molecule has 4 nitrogen and oxygen atoms in total. The lowest BCUT2D eigenvalue weighted by Crippen LogP contribution is -2.23. The molecule has 1 unspecified atom stereocenters. The largest absolute Gasteiger partial charge is 0.336 e. The first-order chi connectivity index (χ1) is 8.72. The van der Waals surface area contributed by atoms with Crippen LogP contribution in [0.3, 0.4) is 0 Å². The fourth-order valence-corrected chi connectivity index (χ4v) is 2.55. The Hall–Kier alpha value is -1.46. The summed E-state index contributed by atoms with van der Waals surface area (Å²) in [6.07, 6.45) is 3.74. The maximum absolute atomic E-state index is 4.41. The average Bonchev–Trinajstić information content (AvgIpc) is 2.92. The van der Waals surface area contributed by atoms with Gasteiger partial charge >= 0.3 is 0 Å². The van der Waals surface area contributed by atoms with Crippen molar-refractivity contribution in [2.75, 3.05) is 19.0 Å². The van der Waals surface area contributed by atoms with Crippen LogP contribution in [0.2, 0.25) is 0 Å². The van der Waals surface area contributed by atoms with E-state index >= 15 is 0 Å². The molecule has 0 radical (unpaired) electrons. The molecule has 2 aromatic rings. The molecule has 0 saturated heterocycles. The number of hydrogen-bond donors (Lipinski definition) is 1. The van der Waals surface area contributed by atoms with Crippen LogP contribution in [-0.4, -0.2) is 24.1 Å². The van der Waals surface area contributed by atoms with Crippen molar-refractivity contribution in [1.29, 1.82) is 0 Å². The summed E-state index contributed by atoms with van der Waals surface area (Å²) in [4.78, 5) is 12.2. The van der Waals surface area contributed by atoms with Crippen molar-refractivity contribution in [2.24, 2.45) is 0 Å². The third-order valence-corrected chi connectivity index (χ3v) is 3.97. The first kappa shape index (κ1) is 13.0. The van der Waals surface area contributed by atoms with Gasteiger partial charge in [-0.25, -0.2) is 9.97 Å². The highest BCUT2D eigenvalue weighted by molar-refractivity contribution is 7.10. The van der Waals surface area contributed by atoms with E-state index in [1.807, 2.05) is 26.5 Å². The van der Waals surface area contributed by atoms with Crippen LogP contribution in [-0.2, 0) is 6.54 Å². The Morgan fingerprint density at radius 3 is 2.67 bits per heavy atom. The first-order valence-electron chi connectivity index (χ1n) is 5.94. The summed E-state index contributed by atoms with van der Waals surface area (Å²) in [6.45, 7) is 2.96. The number of nitrogens with one attached hydrogen (secondary N) is 1. The maximum atomic E-state index is 4.41. The predicted molar refractivity (Wildman–Crippen MR) is 75.9 cm³/mol. The molecule has 0 spiro atoms. The highest BCUT2D eigenvalue weighted by atomic mass is 32.1. The Bertz CT molecular complexity index is 466. The van der Waals surface area contributed by atoms with Crippen molar-refractivity contribution in [3.05, 3.63) is 40.3 Å². The SMILES string of the molecule is CNCc1cnc(N(C)C(C)c2cccs2)nc1. The minimum atomic E-state index is 0.292. The molecule has 0 amide bonds. The van der Waals surface area contributed by atoms with E-state index < -0.39 is 0 Å². The van der Waals surface area contributed by atoms with E-state index in [0.717, 1.165) is 18.1 Å². The summed E-state index contributed by atoms with van der Waals surface area (Å²) in [5.41, 5.74) is 1.10. The van der Waals surface area contributed by atoms with Gasteiger partial charge < -0.3 is 10.2 Å². The second-order valence-corrected chi connectivity index (χ2v) is 5.20. The van der Waals surface area contributed by atoms with E-state index in [-0.39, 0.29) is 0 Å². The lowest BCUT2D eigenvalue weighted by atomic mass is 10.2. The third-order valence-electron chi connectivity index (χ3n) is 2.92. The molecule has 2 heterocycles. The minimum absolute atomic E-state index is 0.292. The van der Waals surface area contributed by atoms with Gasteiger partial charge in [0.25, 0.3) is 0 Å². The van der Waals surface area contributed by atoms with Gasteiger partial charge in [-0.2, -0.15) is 0 Å². The molecule has 0 saturated carbocycles. The lowest BCUT2D eigenvalue weighted by molar-refractivity contribution is 0.722. The van der Waals surface area contributed by atoms with Crippen LogP contribution in [0.4, 0.5) is 5.95 Å². The number of aromatic nitrogens is 2. The Balaban J connectivity index is 2.11. The topological polar surface area (TPSA) is 41.1 Å². The molecule has 1 atom stereocenters. The van der Waals surface area contributed by atoms with E-state index in [2.05, 4.69) is 44.6 Å². The van der Waals surface area contributed by atoms with Gasteiger partial charge in [-0.3, -0.25) is 0 Å². The molecule has 0 aliphatic carbocycles. The van der Waals surface area contributed by atoms with E-state index in [4.69, 9.17) is 0 Å². The van der Waals surface area contributed by atoms with E-state index in [1.54, 1.807) is 11.3 Å². The van der Waals surface area contributed by atoms with Gasteiger partial charge in [-0.15, -0.1) is 11.3 Å². The monoisotopic (exact) mass is 262 g/mol. The van der Waals surface area contributed by atoms with Crippen molar-refractivity contribution in [3.63, 3.8) is 0 Å². The summed E-state index contributed by atoms with van der Waals surface area (Å²) in [5, 5.41) is 5.18. The quantitative estimate of drug-likeness (QED) is 0.898. The zero-order valence-electron chi connectivity index (χ0n) is 10.9. The number of anilines is 1. The van der Waals surface area contributed by atoms with Gasteiger partial charge in [0.05, 0.1) is 6.04 Å². The van der Waals surface area contributed by atoms with Gasteiger partial charge in [0.1, 0.15) is 0 Å². The fourth-order valence-electron chi connectivity index (χ4n) is 1.72. The second kappa shape index (κ2) is 5.93. The van der Waals surface area contributed by atoms with Crippen LogP contribution in [0.1, 0.15) is 23.4 Å². The van der Waals surface area contributed by atoms with E-state index in [1.165, 1.54) is 4.88 Å². The molecule has 0 aromatic carbocycles. The molecule has 0 aliphatic rings. The van der Waals surface area contributed by atoms with Crippen molar-refractivity contribution >= 4 is 17.3 Å². The first-order valence-corrected chi connectivity index (χ1v) is 6.82. The third kappa shape index (κ3) is 2.86. The van der Waals surface area contributed by atoms with E-state index in [0.29, 0.717) is 6.04 Å². The Kier molecular flexibility index (Phi) is 4.28. The van der Waals surface area contributed by atoms with Gasteiger partial charge in [0.2, 0.25) is 5.95 Å². The number of nitrogens with zero attached hydrogens (tertiary/aromatic N) is 3. The lowest BCUT2D eigenvalue weighted by Gasteiger charge is -2.23. The molecule has 1 N–H and O–H groups in total. The Morgan fingerprint density at radius 2 is 2.11 bits per heavy atom. The zero-order chi connectivity index (χ0) is 13.0. The molecule has 0 fully saturated rings. The molecule has 2 aromatic heterocycles. The van der Waals surface area contributed by atoms with Crippen LogP contribution in [0.15, 0.2) is 29.9 Å². The zero-order valence-corrected chi connectivity index (χ0v) is 11.7.